The van der Waals surface area contributed by atoms with E-state index in [0.29, 0.717) is 16.4 Å². The highest BCUT2D eigenvalue weighted by atomic mass is 35.5. The minimum absolute atomic E-state index is 0.0720. The molecule has 0 aliphatic heterocycles. The van der Waals surface area contributed by atoms with E-state index in [1.807, 2.05) is 42.5 Å². The smallest absolute Gasteiger partial charge is 0.185 e. The minimum Gasteiger partial charge on any atom is -0.389 e. The summed E-state index contributed by atoms with van der Waals surface area (Å²) in [5, 5.41) is 11.2. The van der Waals surface area contributed by atoms with Gasteiger partial charge in [-0.15, -0.1) is 0 Å². The van der Waals surface area contributed by atoms with Gasteiger partial charge < -0.3 is 14.4 Å². The lowest BCUT2D eigenvalue weighted by molar-refractivity contribution is 0.0206. The van der Waals surface area contributed by atoms with Crippen LogP contribution in [-0.2, 0) is 33.5 Å². The number of aliphatic hydroxyl groups is 1. The number of para-hydroxylation sites is 2. The predicted molar refractivity (Wildman–Crippen MR) is 124 cm³/mol. The molecule has 0 aliphatic carbocycles. The van der Waals surface area contributed by atoms with Crippen LogP contribution < -0.4 is 0 Å². The lowest BCUT2D eigenvalue weighted by Crippen LogP contribution is -2.24. The van der Waals surface area contributed by atoms with Crippen molar-refractivity contribution in [3.05, 3.63) is 95.3 Å². The molecule has 0 bridgehead atoms. The van der Waals surface area contributed by atoms with Gasteiger partial charge in [0.15, 0.2) is 9.84 Å². The zero-order chi connectivity index (χ0) is 22.6. The van der Waals surface area contributed by atoms with Crippen LogP contribution in [0.3, 0.4) is 0 Å². The largest absolute Gasteiger partial charge is 0.389 e. The van der Waals surface area contributed by atoms with Crippen LogP contribution in [0.2, 0.25) is 5.02 Å². The van der Waals surface area contributed by atoms with Crippen LogP contribution in [-0.4, -0.2) is 35.8 Å². The maximum absolute atomic E-state index is 12.9. The Morgan fingerprint density at radius 1 is 0.969 bits per heavy atom. The first-order valence-electron chi connectivity index (χ1n) is 10.2. The fourth-order valence-corrected chi connectivity index (χ4v) is 4.99. The molecule has 0 spiro atoms. The van der Waals surface area contributed by atoms with E-state index in [0.717, 1.165) is 11.1 Å². The quantitative estimate of drug-likeness (QED) is 0.395. The van der Waals surface area contributed by atoms with E-state index in [-0.39, 0.29) is 30.4 Å². The topological polar surface area (TPSA) is 81.4 Å². The summed E-state index contributed by atoms with van der Waals surface area (Å²) in [7, 11) is -3.59. The Kier molecular flexibility index (Phi) is 6.91. The summed E-state index contributed by atoms with van der Waals surface area (Å²) in [6.07, 6.45) is -0.853. The number of rotatable bonds is 9. The molecule has 0 fully saturated rings. The summed E-state index contributed by atoms with van der Waals surface area (Å²) < 4.78 is 33.2. The number of halogens is 1. The van der Waals surface area contributed by atoms with Crippen molar-refractivity contribution in [3.63, 3.8) is 0 Å². The Labute approximate surface area is 192 Å². The molecule has 4 rings (SSSR count). The molecule has 0 radical (unpaired) electrons. The molecular formula is C24H23ClN2O4S. The molecule has 4 aromatic rings. The molecule has 0 saturated heterocycles. The number of ether oxygens (including phenoxy) is 1. The van der Waals surface area contributed by atoms with Crippen molar-refractivity contribution in [3.8, 4) is 0 Å². The van der Waals surface area contributed by atoms with E-state index >= 15 is 0 Å². The molecule has 1 N–H and O–H groups in total. The van der Waals surface area contributed by atoms with Crippen molar-refractivity contribution in [1.82, 2.24) is 9.55 Å². The molecule has 32 heavy (non-hydrogen) atoms. The maximum atomic E-state index is 12.9. The normalized spacial score (nSPS) is 12.8. The number of benzene rings is 3. The Morgan fingerprint density at radius 2 is 1.66 bits per heavy atom. The molecule has 8 heteroatoms. The monoisotopic (exact) mass is 470 g/mol. The summed E-state index contributed by atoms with van der Waals surface area (Å²) in [6, 6.07) is 23.0. The molecule has 0 amide bonds. The third kappa shape index (κ3) is 5.19. The molecule has 0 aliphatic rings. The average Bonchev–Trinajstić information content (AvgIpc) is 3.12. The molecule has 0 saturated carbocycles. The van der Waals surface area contributed by atoms with Gasteiger partial charge in [0.2, 0.25) is 0 Å². The third-order valence-corrected chi connectivity index (χ3v) is 7.07. The van der Waals surface area contributed by atoms with E-state index in [2.05, 4.69) is 4.98 Å². The highest BCUT2D eigenvalue weighted by Crippen LogP contribution is 2.22. The highest BCUT2D eigenvalue weighted by Gasteiger charge is 2.22. The Bertz CT molecular complexity index is 1310. The molecule has 1 atom stereocenters. The van der Waals surface area contributed by atoms with Gasteiger partial charge in [0.05, 0.1) is 41.8 Å². The van der Waals surface area contributed by atoms with Gasteiger partial charge in [-0.25, -0.2) is 13.4 Å². The van der Waals surface area contributed by atoms with E-state index in [1.165, 1.54) is 0 Å². The number of aliphatic hydroxyl groups excluding tert-OH is 1. The van der Waals surface area contributed by atoms with Gasteiger partial charge in [-0.2, -0.15) is 0 Å². The van der Waals surface area contributed by atoms with Crippen molar-refractivity contribution >= 4 is 32.5 Å². The summed E-state index contributed by atoms with van der Waals surface area (Å²) in [5.41, 5.74) is 2.27. The lowest BCUT2D eigenvalue weighted by Gasteiger charge is -2.15. The zero-order valence-electron chi connectivity index (χ0n) is 17.3. The SMILES string of the molecule is O=S(=O)(Cc1nc2ccccc2n1CC(O)COCc1ccccc1Cl)c1ccccc1. The van der Waals surface area contributed by atoms with E-state index < -0.39 is 15.9 Å². The molecule has 6 nitrogen and oxygen atoms in total. The minimum atomic E-state index is -3.59. The summed E-state index contributed by atoms with van der Waals surface area (Å²) in [5.74, 6) is 0.110. The molecule has 1 heterocycles. The van der Waals surface area contributed by atoms with Crippen LogP contribution in [0, 0.1) is 0 Å². The van der Waals surface area contributed by atoms with Gasteiger partial charge in [-0.3, -0.25) is 0 Å². The van der Waals surface area contributed by atoms with Gasteiger partial charge in [-0.05, 0) is 35.9 Å². The number of hydrogen-bond acceptors (Lipinski definition) is 5. The van der Waals surface area contributed by atoms with Crippen LogP contribution in [0.15, 0.2) is 83.8 Å². The maximum Gasteiger partial charge on any atom is 0.185 e. The number of nitrogens with zero attached hydrogens (tertiary/aromatic N) is 2. The van der Waals surface area contributed by atoms with Gasteiger partial charge in [0.25, 0.3) is 0 Å². The number of hydrogen-bond donors (Lipinski definition) is 1. The molecule has 1 unspecified atom stereocenters. The van der Waals surface area contributed by atoms with E-state index in [4.69, 9.17) is 16.3 Å². The molecule has 166 valence electrons. The average molecular weight is 471 g/mol. The lowest BCUT2D eigenvalue weighted by atomic mass is 10.2. The molecule has 3 aromatic carbocycles. The third-order valence-electron chi connectivity index (χ3n) is 5.07. The number of aromatic nitrogens is 2. The van der Waals surface area contributed by atoms with E-state index in [9.17, 15) is 13.5 Å². The van der Waals surface area contributed by atoms with Crippen LogP contribution in [0.5, 0.6) is 0 Å². The molecule has 1 aromatic heterocycles. The predicted octanol–water partition coefficient (Wildman–Crippen LogP) is 4.24. The zero-order valence-corrected chi connectivity index (χ0v) is 18.8. The van der Waals surface area contributed by atoms with Gasteiger partial charge >= 0.3 is 0 Å². The first kappa shape index (κ1) is 22.5. The number of sulfone groups is 1. The van der Waals surface area contributed by atoms with E-state index in [1.54, 1.807) is 41.0 Å². The second kappa shape index (κ2) is 9.83. The standard InChI is InChI=1S/C24H23ClN2O4S/c25-21-11-5-4-8-18(21)15-31-16-19(28)14-27-23-13-7-6-12-22(23)26-24(27)17-32(29,30)20-9-2-1-3-10-20/h1-13,19,28H,14-17H2. The summed E-state index contributed by atoms with van der Waals surface area (Å²) in [4.78, 5) is 4.77. The van der Waals surface area contributed by atoms with Crippen molar-refractivity contribution in [2.75, 3.05) is 6.61 Å². The fraction of sp³-hybridized carbons (Fsp3) is 0.208. The fourth-order valence-electron chi connectivity index (χ4n) is 3.50. The van der Waals surface area contributed by atoms with Crippen LogP contribution in [0.25, 0.3) is 11.0 Å². The van der Waals surface area contributed by atoms with Crippen molar-refractivity contribution < 1.29 is 18.3 Å². The number of imidazole rings is 1. The highest BCUT2D eigenvalue weighted by molar-refractivity contribution is 7.90. The second-order valence-electron chi connectivity index (χ2n) is 7.46. The summed E-state index contributed by atoms with van der Waals surface area (Å²) in [6.45, 7) is 0.502. The van der Waals surface area contributed by atoms with Gasteiger partial charge in [-0.1, -0.05) is 60.1 Å². The second-order valence-corrected chi connectivity index (χ2v) is 9.86. The van der Waals surface area contributed by atoms with Crippen molar-refractivity contribution in [2.24, 2.45) is 0 Å². The first-order chi connectivity index (χ1) is 15.4. The Morgan fingerprint density at radius 3 is 2.44 bits per heavy atom. The Hall–Kier alpha value is -2.71. The first-order valence-corrected chi connectivity index (χ1v) is 12.2. The number of fused-ring (bicyclic) bond motifs is 1. The van der Waals surface area contributed by atoms with Crippen LogP contribution in [0.1, 0.15) is 11.4 Å². The van der Waals surface area contributed by atoms with Crippen LogP contribution in [0.4, 0.5) is 0 Å². The Balaban J connectivity index is 1.52. The van der Waals surface area contributed by atoms with Crippen molar-refractivity contribution in [2.45, 2.75) is 29.9 Å². The van der Waals surface area contributed by atoms with Gasteiger partial charge in [0.1, 0.15) is 11.6 Å². The summed E-state index contributed by atoms with van der Waals surface area (Å²) >= 11 is 6.14. The van der Waals surface area contributed by atoms with Crippen LogP contribution >= 0.6 is 11.6 Å². The molecular weight excluding hydrogens is 448 g/mol. The van der Waals surface area contributed by atoms with Crippen molar-refractivity contribution in [1.29, 1.82) is 0 Å². The van der Waals surface area contributed by atoms with Gasteiger partial charge in [0, 0.05) is 5.02 Å².